The van der Waals surface area contributed by atoms with E-state index in [1.165, 1.54) is 4.57 Å². The number of hydrogen-bond donors (Lipinski definition) is 2. The van der Waals surface area contributed by atoms with Gasteiger partial charge >= 0.3 is 5.69 Å². The van der Waals surface area contributed by atoms with E-state index in [2.05, 4.69) is 24.6 Å². The smallest absolute Gasteiger partial charge is 0.328 e. The number of nitrogens with zero attached hydrogens (tertiary/aromatic N) is 1. The summed E-state index contributed by atoms with van der Waals surface area (Å²) in [7, 11) is -1.18. The Morgan fingerprint density at radius 1 is 1.48 bits per heavy atom. The SMILES string of the molecule is C[Si](C)(C)CCC1=C[C@H](CO)O[C@@H]1n1ccc(=S)[nH]c1=O. The molecule has 116 valence electrons. The van der Waals surface area contributed by atoms with Crippen LogP contribution in [0.25, 0.3) is 0 Å². The molecule has 0 unspecified atom stereocenters. The predicted octanol–water partition coefficient (Wildman–Crippen LogP) is 2.45. The number of hydrogen-bond acceptors (Lipinski definition) is 4. The predicted molar refractivity (Wildman–Crippen MR) is 87.7 cm³/mol. The van der Waals surface area contributed by atoms with Gasteiger partial charge in [0.15, 0.2) is 6.23 Å². The standard InChI is InChI=1S/C14H22N2O3SSi/c1-21(2,3)7-5-10-8-11(9-17)19-13(10)16-6-4-12(20)15-14(16)18/h4,6,8,11,13,17H,5,7,9H2,1-3H3,(H,15,18,20)/t11-,13+/m1/s1. The summed E-state index contributed by atoms with van der Waals surface area (Å²) in [6.07, 6.45) is 3.69. The van der Waals surface area contributed by atoms with Crippen molar-refractivity contribution in [3.63, 3.8) is 0 Å². The molecule has 1 aromatic heterocycles. The van der Waals surface area contributed by atoms with E-state index in [0.717, 1.165) is 18.0 Å². The number of rotatable bonds is 5. The lowest BCUT2D eigenvalue weighted by atomic mass is 10.1. The highest BCUT2D eigenvalue weighted by Gasteiger charge is 2.29. The van der Waals surface area contributed by atoms with E-state index in [-0.39, 0.29) is 18.4 Å². The van der Waals surface area contributed by atoms with Crippen molar-refractivity contribution in [2.45, 2.75) is 44.4 Å². The second-order valence-corrected chi connectivity index (χ2v) is 12.6. The Balaban J connectivity index is 2.26. The van der Waals surface area contributed by atoms with Crippen LogP contribution in [0, 0.1) is 4.64 Å². The quantitative estimate of drug-likeness (QED) is 0.495. The third-order valence-electron chi connectivity index (χ3n) is 3.47. The zero-order valence-electron chi connectivity index (χ0n) is 12.6. The van der Waals surface area contributed by atoms with E-state index in [1.807, 2.05) is 6.08 Å². The van der Waals surface area contributed by atoms with Crippen LogP contribution in [0.15, 0.2) is 28.7 Å². The van der Waals surface area contributed by atoms with Crippen molar-refractivity contribution in [1.29, 1.82) is 0 Å². The van der Waals surface area contributed by atoms with Crippen molar-refractivity contribution in [2.24, 2.45) is 0 Å². The van der Waals surface area contributed by atoms with Crippen LogP contribution >= 0.6 is 12.2 Å². The number of nitrogens with one attached hydrogen (secondary N) is 1. The van der Waals surface area contributed by atoms with Gasteiger partial charge in [-0.1, -0.05) is 37.9 Å². The van der Waals surface area contributed by atoms with Crippen molar-refractivity contribution in [1.82, 2.24) is 9.55 Å². The zero-order chi connectivity index (χ0) is 15.6. The summed E-state index contributed by atoms with van der Waals surface area (Å²) in [6, 6.07) is 2.79. The number of H-pyrrole nitrogens is 1. The van der Waals surface area contributed by atoms with Gasteiger partial charge in [0.1, 0.15) is 10.7 Å². The molecule has 0 radical (unpaired) electrons. The van der Waals surface area contributed by atoms with Gasteiger partial charge in [0.25, 0.3) is 0 Å². The fraction of sp³-hybridized carbons (Fsp3) is 0.571. The summed E-state index contributed by atoms with van der Waals surface area (Å²) in [5, 5.41) is 9.32. The second-order valence-electron chi connectivity index (χ2n) is 6.53. The van der Waals surface area contributed by atoms with E-state index in [1.54, 1.807) is 12.3 Å². The first-order valence-corrected chi connectivity index (χ1v) is 11.2. The number of aliphatic hydroxyl groups excluding tert-OH is 1. The van der Waals surface area contributed by atoms with Gasteiger partial charge in [-0.15, -0.1) is 0 Å². The first kappa shape index (κ1) is 16.3. The van der Waals surface area contributed by atoms with E-state index in [4.69, 9.17) is 17.0 Å². The average molecular weight is 326 g/mol. The van der Waals surface area contributed by atoms with Crippen LogP contribution in [0.2, 0.25) is 25.7 Å². The van der Waals surface area contributed by atoms with Crippen LogP contribution in [0.3, 0.4) is 0 Å². The number of aliphatic hydroxyl groups is 1. The lowest BCUT2D eigenvalue weighted by Crippen LogP contribution is -2.29. The summed E-state index contributed by atoms with van der Waals surface area (Å²) in [6.45, 7) is 6.86. The van der Waals surface area contributed by atoms with Gasteiger partial charge in [0.05, 0.1) is 6.61 Å². The Hall–Kier alpha value is -1.02. The molecule has 2 rings (SSSR count). The highest BCUT2D eigenvalue weighted by atomic mass is 32.1. The van der Waals surface area contributed by atoms with Gasteiger partial charge in [-0.3, -0.25) is 9.55 Å². The van der Waals surface area contributed by atoms with Crippen LogP contribution in [0.5, 0.6) is 0 Å². The van der Waals surface area contributed by atoms with Crippen molar-refractivity contribution >= 4 is 20.3 Å². The van der Waals surface area contributed by atoms with Crippen LogP contribution in [-0.2, 0) is 4.74 Å². The first-order valence-electron chi connectivity index (χ1n) is 7.08. The molecule has 0 amide bonds. The molecule has 2 atom stereocenters. The molecule has 0 aliphatic carbocycles. The van der Waals surface area contributed by atoms with E-state index in [0.29, 0.717) is 4.64 Å². The summed E-state index contributed by atoms with van der Waals surface area (Å²) in [4.78, 5) is 14.7. The summed E-state index contributed by atoms with van der Waals surface area (Å²) < 4.78 is 7.68. The summed E-state index contributed by atoms with van der Waals surface area (Å²) >= 11 is 4.95. The number of aromatic amines is 1. The molecular formula is C14H22N2O3SSi. The third-order valence-corrected chi connectivity index (χ3v) is 5.46. The molecule has 0 bridgehead atoms. The number of aromatic nitrogens is 2. The topological polar surface area (TPSA) is 67.2 Å². The van der Waals surface area contributed by atoms with Gasteiger partial charge in [0, 0.05) is 14.3 Å². The molecule has 7 heteroatoms. The maximum atomic E-state index is 12.0. The Kier molecular flexibility index (Phi) is 4.98. The van der Waals surface area contributed by atoms with Crippen molar-refractivity contribution in [2.75, 3.05) is 6.61 Å². The van der Waals surface area contributed by atoms with E-state index in [9.17, 15) is 9.90 Å². The first-order chi connectivity index (χ1) is 9.80. The minimum atomic E-state index is -1.18. The molecule has 0 spiro atoms. The van der Waals surface area contributed by atoms with Crippen LogP contribution in [-0.4, -0.2) is 35.4 Å². The lowest BCUT2D eigenvalue weighted by molar-refractivity contribution is -0.0152. The zero-order valence-corrected chi connectivity index (χ0v) is 14.4. The number of ether oxygens (including phenoxy) is 1. The third kappa shape index (κ3) is 4.23. The van der Waals surface area contributed by atoms with Gasteiger partial charge < -0.3 is 9.84 Å². The summed E-state index contributed by atoms with van der Waals surface area (Å²) in [5.41, 5.74) is 0.772. The molecule has 0 aromatic carbocycles. The van der Waals surface area contributed by atoms with E-state index >= 15 is 0 Å². The minimum Gasteiger partial charge on any atom is -0.393 e. The van der Waals surface area contributed by atoms with Gasteiger partial charge in [-0.05, 0) is 24.1 Å². The molecule has 21 heavy (non-hydrogen) atoms. The molecule has 0 fully saturated rings. The maximum Gasteiger partial charge on any atom is 0.328 e. The fourth-order valence-electron chi connectivity index (χ4n) is 2.29. The Bertz CT molecular complexity index is 645. The van der Waals surface area contributed by atoms with Gasteiger partial charge in [-0.2, -0.15) is 0 Å². The van der Waals surface area contributed by atoms with E-state index < -0.39 is 14.3 Å². The average Bonchev–Trinajstić information content (AvgIpc) is 2.79. The molecule has 2 N–H and O–H groups in total. The molecule has 1 aliphatic rings. The van der Waals surface area contributed by atoms with Gasteiger partial charge in [-0.25, -0.2) is 4.79 Å². The van der Waals surface area contributed by atoms with Crippen molar-refractivity contribution in [3.05, 3.63) is 39.0 Å². The van der Waals surface area contributed by atoms with Crippen LogP contribution < -0.4 is 5.69 Å². The van der Waals surface area contributed by atoms with Crippen molar-refractivity contribution < 1.29 is 9.84 Å². The lowest BCUT2D eigenvalue weighted by Gasteiger charge is -2.21. The highest BCUT2D eigenvalue weighted by Crippen LogP contribution is 2.32. The van der Waals surface area contributed by atoms with Crippen LogP contribution in [0.1, 0.15) is 12.6 Å². The molecule has 0 saturated carbocycles. The van der Waals surface area contributed by atoms with Gasteiger partial charge in [0.2, 0.25) is 0 Å². The molecule has 5 nitrogen and oxygen atoms in total. The Morgan fingerprint density at radius 3 is 2.76 bits per heavy atom. The monoisotopic (exact) mass is 326 g/mol. The maximum absolute atomic E-state index is 12.0. The summed E-state index contributed by atoms with van der Waals surface area (Å²) in [5.74, 6) is 0. The molecule has 1 aromatic rings. The molecule has 1 aliphatic heterocycles. The second kappa shape index (κ2) is 6.39. The minimum absolute atomic E-state index is 0.0788. The molecule has 2 heterocycles. The Labute approximate surface area is 130 Å². The normalized spacial score (nSPS) is 22.4. The molecular weight excluding hydrogens is 304 g/mol. The largest absolute Gasteiger partial charge is 0.393 e. The Morgan fingerprint density at radius 2 is 2.19 bits per heavy atom. The van der Waals surface area contributed by atoms with Crippen molar-refractivity contribution in [3.8, 4) is 0 Å². The highest BCUT2D eigenvalue weighted by molar-refractivity contribution is 7.71. The fourth-order valence-corrected chi connectivity index (χ4v) is 3.48. The van der Waals surface area contributed by atoms with Crippen LogP contribution in [0.4, 0.5) is 0 Å². The molecule has 0 saturated heterocycles.